The van der Waals surface area contributed by atoms with Crippen LogP contribution in [-0.2, 0) is 29.0 Å². The number of carbonyl (C=O) groups is 3. The van der Waals surface area contributed by atoms with Crippen molar-refractivity contribution in [2.75, 3.05) is 4.90 Å². The zero-order valence-corrected chi connectivity index (χ0v) is 24.3. The van der Waals surface area contributed by atoms with Gasteiger partial charge in [-0.2, -0.15) is 13.2 Å². The van der Waals surface area contributed by atoms with E-state index in [0.29, 0.717) is 40.9 Å². The van der Waals surface area contributed by atoms with Gasteiger partial charge in [0.05, 0.1) is 23.1 Å². The first-order chi connectivity index (χ1) is 21.6. The third-order valence-corrected chi connectivity index (χ3v) is 7.84. The van der Waals surface area contributed by atoms with E-state index in [1.807, 2.05) is 47.0 Å². The first-order valence-electron chi connectivity index (χ1n) is 14.5. The van der Waals surface area contributed by atoms with Crippen molar-refractivity contribution in [3.63, 3.8) is 0 Å². The van der Waals surface area contributed by atoms with Crippen molar-refractivity contribution in [1.82, 2.24) is 9.55 Å². The third-order valence-electron chi connectivity index (χ3n) is 7.84. The van der Waals surface area contributed by atoms with Crippen LogP contribution in [0.1, 0.15) is 57.4 Å². The van der Waals surface area contributed by atoms with Crippen molar-refractivity contribution >= 4 is 34.6 Å². The van der Waals surface area contributed by atoms with E-state index in [1.165, 1.54) is 6.07 Å². The minimum atomic E-state index is -5.32. The molecule has 4 aromatic carbocycles. The molecule has 0 saturated heterocycles. The van der Waals surface area contributed by atoms with E-state index >= 15 is 0 Å². The van der Waals surface area contributed by atoms with Gasteiger partial charge in [-0.3, -0.25) is 4.79 Å². The predicted octanol–water partition coefficient (Wildman–Crippen LogP) is 7.50. The fourth-order valence-electron chi connectivity index (χ4n) is 5.60. The molecular weight excluding hydrogens is 583 g/mol. The summed E-state index contributed by atoms with van der Waals surface area (Å²) in [6.07, 6.45) is -2.84. The molecule has 10 heteroatoms. The lowest BCUT2D eigenvalue weighted by Gasteiger charge is -2.17. The van der Waals surface area contributed by atoms with E-state index in [9.17, 15) is 27.6 Å². The van der Waals surface area contributed by atoms with Crippen LogP contribution >= 0.6 is 0 Å². The average Bonchev–Trinajstić information content (AvgIpc) is 3.56. The molecule has 0 saturated carbocycles. The number of hydrogen-bond acceptors (Lipinski definition) is 5. The Balaban J connectivity index is 1.40. The monoisotopic (exact) mass is 611 g/mol. The highest BCUT2D eigenvalue weighted by Crippen LogP contribution is 2.32. The van der Waals surface area contributed by atoms with Gasteiger partial charge in [0.25, 0.3) is 5.91 Å². The van der Waals surface area contributed by atoms with Crippen LogP contribution in [0.15, 0.2) is 91.0 Å². The number of aryl methyl sites for hydroxylation is 1. The zero-order valence-electron chi connectivity index (χ0n) is 24.3. The van der Waals surface area contributed by atoms with Crippen molar-refractivity contribution in [3.05, 3.63) is 119 Å². The highest BCUT2D eigenvalue weighted by molar-refractivity contribution is 6.10. The highest BCUT2D eigenvalue weighted by Gasteiger charge is 2.43. The lowest BCUT2D eigenvalue weighted by molar-refractivity contribution is -0.193. The van der Waals surface area contributed by atoms with Crippen LogP contribution in [0.5, 0.6) is 0 Å². The standard InChI is InChI=1S/C35H28F3N3O4/c1-2-3-13-31-39-29-17-15-25(40-21-24-11-7-8-12-27(24)32(40)42)19-30(29)41(31)20-22-14-16-26(23-9-5-4-6-10-23)28(18-22)33(43)45-34(44)35(36,37)38/h4-12,14-19H,2-3,13,20-21H2,1H3. The Bertz CT molecular complexity index is 1930. The summed E-state index contributed by atoms with van der Waals surface area (Å²) < 4.78 is 45.1. The molecule has 2 heterocycles. The van der Waals surface area contributed by atoms with Crippen molar-refractivity contribution in [2.45, 2.75) is 45.5 Å². The summed E-state index contributed by atoms with van der Waals surface area (Å²) in [5.74, 6) is -3.27. The molecule has 0 N–H and O–H groups in total. The van der Waals surface area contributed by atoms with Gasteiger partial charge in [0.15, 0.2) is 0 Å². The Kier molecular flexibility index (Phi) is 7.97. The lowest BCUT2D eigenvalue weighted by atomic mass is 9.97. The summed E-state index contributed by atoms with van der Waals surface area (Å²) >= 11 is 0. The molecule has 0 bridgehead atoms. The molecule has 1 aromatic heterocycles. The van der Waals surface area contributed by atoms with Crippen molar-refractivity contribution in [2.24, 2.45) is 0 Å². The molecule has 0 radical (unpaired) electrons. The number of halogens is 3. The quantitative estimate of drug-likeness (QED) is 0.134. The molecule has 1 aliphatic heterocycles. The Morgan fingerprint density at radius 2 is 1.67 bits per heavy atom. The first-order valence-corrected chi connectivity index (χ1v) is 14.5. The molecule has 45 heavy (non-hydrogen) atoms. The van der Waals surface area contributed by atoms with Gasteiger partial charge < -0.3 is 14.2 Å². The molecule has 5 aromatic rings. The van der Waals surface area contributed by atoms with E-state index in [1.54, 1.807) is 47.4 Å². The molecule has 228 valence electrons. The number of unbranched alkanes of at least 4 members (excludes halogenated alkanes) is 1. The van der Waals surface area contributed by atoms with E-state index in [2.05, 4.69) is 11.7 Å². The number of ether oxygens (including phenoxy) is 1. The Morgan fingerprint density at radius 1 is 0.911 bits per heavy atom. The number of aromatic nitrogens is 2. The SMILES string of the molecule is CCCCc1nc2ccc(N3Cc4ccccc4C3=O)cc2n1Cc1ccc(-c2ccccc2)c(C(=O)OC(=O)C(F)(F)F)c1. The van der Waals surface area contributed by atoms with Crippen LogP contribution in [0.4, 0.5) is 18.9 Å². The Morgan fingerprint density at radius 3 is 2.40 bits per heavy atom. The van der Waals surface area contributed by atoms with E-state index in [4.69, 9.17) is 4.98 Å². The second-order valence-corrected chi connectivity index (χ2v) is 10.9. The number of amides is 1. The van der Waals surface area contributed by atoms with Gasteiger partial charge in [-0.15, -0.1) is 0 Å². The average molecular weight is 612 g/mol. The fourth-order valence-corrected chi connectivity index (χ4v) is 5.60. The van der Waals surface area contributed by atoms with Gasteiger partial charge in [-0.1, -0.05) is 74.0 Å². The van der Waals surface area contributed by atoms with E-state index < -0.39 is 18.1 Å². The molecule has 0 spiro atoms. The summed E-state index contributed by atoms with van der Waals surface area (Å²) in [7, 11) is 0. The molecule has 0 atom stereocenters. The molecule has 1 aliphatic rings. The Hall–Kier alpha value is -5.25. The van der Waals surface area contributed by atoms with Gasteiger partial charge in [0.2, 0.25) is 0 Å². The number of benzene rings is 4. The summed E-state index contributed by atoms with van der Waals surface area (Å²) in [6, 6.07) is 26.7. The number of carbonyl (C=O) groups excluding carboxylic acids is 3. The van der Waals surface area contributed by atoms with Crippen LogP contribution in [0, 0.1) is 0 Å². The number of fused-ring (bicyclic) bond motifs is 2. The van der Waals surface area contributed by atoms with Crippen LogP contribution in [0.2, 0.25) is 0 Å². The number of imidazole rings is 1. The second kappa shape index (κ2) is 12.0. The zero-order chi connectivity index (χ0) is 31.7. The molecule has 0 unspecified atom stereocenters. The highest BCUT2D eigenvalue weighted by atomic mass is 19.4. The van der Waals surface area contributed by atoms with Gasteiger partial charge in [0, 0.05) is 24.2 Å². The number of esters is 2. The first kappa shape index (κ1) is 29.8. The maximum Gasteiger partial charge on any atom is 0.491 e. The summed E-state index contributed by atoms with van der Waals surface area (Å²) in [5, 5.41) is 0. The lowest BCUT2D eigenvalue weighted by Crippen LogP contribution is -2.28. The second-order valence-electron chi connectivity index (χ2n) is 10.9. The normalized spacial score (nSPS) is 12.9. The molecule has 1 amide bonds. The van der Waals surface area contributed by atoms with Crippen LogP contribution in [-0.4, -0.2) is 33.6 Å². The molecule has 7 nitrogen and oxygen atoms in total. The maximum absolute atomic E-state index is 13.2. The summed E-state index contributed by atoms with van der Waals surface area (Å²) in [4.78, 5) is 44.3. The molecule has 0 aliphatic carbocycles. The minimum absolute atomic E-state index is 0.0877. The minimum Gasteiger partial charge on any atom is -0.383 e. The number of hydrogen-bond donors (Lipinski definition) is 0. The van der Waals surface area contributed by atoms with Gasteiger partial charge in [-0.25, -0.2) is 14.6 Å². The Labute approximate surface area is 256 Å². The smallest absolute Gasteiger partial charge is 0.383 e. The van der Waals surface area contributed by atoms with Crippen LogP contribution in [0.25, 0.3) is 22.2 Å². The summed E-state index contributed by atoms with van der Waals surface area (Å²) in [5.41, 5.74) is 5.14. The molecule has 6 rings (SSSR count). The summed E-state index contributed by atoms with van der Waals surface area (Å²) in [6.45, 7) is 2.75. The predicted molar refractivity (Wildman–Crippen MR) is 163 cm³/mol. The number of anilines is 1. The number of nitrogens with zero attached hydrogens (tertiary/aromatic N) is 3. The van der Waals surface area contributed by atoms with Crippen molar-refractivity contribution in [3.8, 4) is 11.1 Å². The largest absolute Gasteiger partial charge is 0.491 e. The maximum atomic E-state index is 13.2. The van der Waals surface area contributed by atoms with Crippen LogP contribution < -0.4 is 4.90 Å². The van der Waals surface area contributed by atoms with Gasteiger partial charge >= 0.3 is 18.1 Å². The van der Waals surface area contributed by atoms with Crippen LogP contribution in [0.3, 0.4) is 0 Å². The topological polar surface area (TPSA) is 81.5 Å². The fraction of sp³-hybridized carbons (Fsp3) is 0.200. The molecular formula is C35H28F3N3O4. The van der Waals surface area contributed by atoms with Gasteiger partial charge in [0.1, 0.15) is 5.82 Å². The van der Waals surface area contributed by atoms with Crippen molar-refractivity contribution in [1.29, 1.82) is 0 Å². The number of rotatable bonds is 8. The number of alkyl halides is 3. The molecule has 0 fully saturated rings. The van der Waals surface area contributed by atoms with E-state index in [0.717, 1.165) is 35.3 Å². The van der Waals surface area contributed by atoms with Crippen molar-refractivity contribution < 1.29 is 32.3 Å². The third kappa shape index (κ3) is 5.95. The van der Waals surface area contributed by atoms with E-state index in [-0.39, 0.29) is 18.0 Å². The van der Waals surface area contributed by atoms with Gasteiger partial charge in [-0.05, 0) is 59.0 Å².